The van der Waals surface area contributed by atoms with Gasteiger partial charge in [-0.3, -0.25) is 9.69 Å². The molecule has 0 aromatic carbocycles. The summed E-state index contributed by atoms with van der Waals surface area (Å²) in [6.45, 7) is 9.80. The number of aliphatic hydroxyl groups is 1. The van der Waals surface area contributed by atoms with Gasteiger partial charge in [0.2, 0.25) is 5.91 Å². The Labute approximate surface area is 124 Å². The molecule has 0 spiro atoms. The fourth-order valence-corrected chi connectivity index (χ4v) is 3.14. The van der Waals surface area contributed by atoms with Crippen molar-refractivity contribution in [2.45, 2.75) is 71.6 Å². The zero-order chi connectivity index (χ0) is 15.3. The Morgan fingerprint density at radius 1 is 1.35 bits per heavy atom. The van der Waals surface area contributed by atoms with Crippen LogP contribution in [0.4, 0.5) is 0 Å². The molecule has 1 aliphatic heterocycles. The van der Waals surface area contributed by atoms with Crippen LogP contribution in [0, 0.1) is 5.92 Å². The van der Waals surface area contributed by atoms with Crippen molar-refractivity contribution in [3.63, 3.8) is 0 Å². The summed E-state index contributed by atoms with van der Waals surface area (Å²) < 4.78 is 0. The molecule has 1 rings (SSSR count). The van der Waals surface area contributed by atoms with Gasteiger partial charge in [0.15, 0.2) is 0 Å². The minimum atomic E-state index is -0.284. The summed E-state index contributed by atoms with van der Waals surface area (Å²) in [6, 6.07) is 0.660. The van der Waals surface area contributed by atoms with Gasteiger partial charge in [0.25, 0.3) is 0 Å². The van der Waals surface area contributed by atoms with E-state index in [1.165, 1.54) is 0 Å². The topological polar surface area (TPSA) is 43.8 Å². The SMILES string of the molecule is CC(C)CC(C)N(C)C(=O)CN1CCCC1CC(C)O. The van der Waals surface area contributed by atoms with E-state index in [0.29, 0.717) is 24.5 Å². The van der Waals surface area contributed by atoms with E-state index >= 15 is 0 Å². The fourth-order valence-electron chi connectivity index (χ4n) is 3.14. The van der Waals surface area contributed by atoms with Gasteiger partial charge in [-0.15, -0.1) is 0 Å². The van der Waals surface area contributed by atoms with Gasteiger partial charge >= 0.3 is 0 Å². The minimum Gasteiger partial charge on any atom is -0.393 e. The van der Waals surface area contributed by atoms with E-state index in [-0.39, 0.29) is 12.0 Å². The molecular formula is C16H32N2O2. The fraction of sp³-hybridized carbons (Fsp3) is 0.938. The van der Waals surface area contributed by atoms with E-state index in [9.17, 15) is 9.90 Å². The van der Waals surface area contributed by atoms with Gasteiger partial charge in [-0.2, -0.15) is 0 Å². The van der Waals surface area contributed by atoms with Crippen LogP contribution < -0.4 is 0 Å². The highest BCUT2D eigenvalue weighted by Gasteiger charge is 2.28. The maximum atomic E-state index is 12.4. The number of amides is 1. The molecule has 0 aliphatic carbocycles. The first-order valence-electron chi connectivity index (χ1n) is 7.99. The van der Waals surface area contributed by atoms with Crippen LogP contribution >= 0.6 is 0 Å². The largest absolute Gasteiger partial charge is 0.393 e. The predicted molar refractivity (Wildman–Crippen MR) is 82.6 cm³/mol. The lowest BCUT2D eigenvalue weighted by Crippen LogP contribution is -2.44. The van der Waals surface area contributed by atoms with Crippen LogP contribution in [-0.4, -0.2) is 59.1 Å². The molecule has 1 heterocycles. The molecule has 1 aliphatic rings. The van der Waals surface area contributed by atoms with Gasteiger partial charge < -0.3 is 10.0 Å². The van der Waals surface area contributed by atoms with Crippen molar-refractivity contribution in [1.82, 2.24) is 9.80 Å². The van der Waals surface area contributed by atoms with Crippen molar-refractivity contribution in [3.05, 3.63) is 0 Å². The Morgan fingerprint density at radius 2 is 2.00 bits per heavy atom. The molecule has 0 aromatic heterocycles. The highest BCUT2D eigenvalue weighted by atomic mass is 16.3. The van der Waals surface area contributed by atoms with Crippen LogP contribution in [0.15, 0.2) is 0 Å². The number of nitrogens with zero attached hydrogens (tertiary/aromatic N) is 2. The van der Waals surface area contributed by atoms with Crippen molar-refractivity contribution in [2.75, 3.05) is 20.1 Å². The Kier molecular flexibility index (Phi) is 6.96. The number of aliphatic hydroxyl groups excluding tert-OH is 1. The number of likely N-dealkylation sites (N-methyl/N-ethyl adjacent to an activating group) is 1. The molecule has 1 saturated heterocycles. The molecule has 118 valence electrons. The average molecular weight is 284 g/mol. The minimum absolute atomic E-state index is 0.204. The zero-order valence-corrected chi connectivity index (χ0v) is 13.8. The van der Waals surface area contributed by atoms with Crippen LogP contribution in [0.1, 0.15) is 53.4 Å². The van der Waals surface area contributed by atoms with E-state index in [2.05, 4.69) is 25.7 Å². The smallest absolute Gasteiger partial charge is 0.236 e. The average Bonchev–Trinajstić information content (AvgIpc) is 2.73. The van der Waals surface area contributed by atoms with Crippen molar-refractivity contribution >= 4 is 5.91 Å². The van der Waals surface area contributed by atoms with Gasteiger partial charge in [-0.05, 0) is 52.0 Å². The van der Waals surface area contributed by atoms with Crippen LogP contribution in [0.25, 0.3) is 0 Å². The molecule has 3 unspecified atom stereocenters. The van der Waals surface area contributed by atoms with E-state index in [4.69, 9.17) is 0 Å². The molecule has 3 atom stereocenters. The molecule has 1 amide bonds. The Balaban J connectivity index is 2.47. The molecule has 20 heavy (non-hydrogen) atoms. The lowest BCUT2D eigenvalue weighted by atomic mass is 10.0. The monoisotopic (exact) mass is 284 g/mol. The lowest BCUT2D eigenvalue weighted by molar-refractivity contribution is -0.133. The Morgan fingerprint density at radius 3 is 2.55 bits per heavy atom. The highest BCUT2D eigenvalue weighted by molar-refractivity contribution is 5.78. The standard InChI is InChI=1S/C16H32N2O2/c1-12(2)9-13(3)17(5)16(20)11-18-8-6-7-15(18)10-14(4)19/h12-15,19H,6-11H2,1-5H3. The summed E-state index contributed by atoms with van der Waals surface area (Å²) in [7, 11) is 1.91. The number of carbonyl (C=O) groups excluding carboxylic acids is 1. The second-order valence-electron chi connectivity index (χ2n) is 6.83. The first kappa shape index (κ1) is 17.4. The molecule has 1 N–H and O–H groups in total. The number of hydrogen-bond donors (Lipinski definition) is 1. The third kappa shape index (κ3) is 5.41. The van der Waals surface area contributed by atoms with Crippen molar-refractivity contribution < 1.29 is 9.90 Å². The third-order valence-corrected chi connectivity index (χ3v) is 4.32. The second kappa shape index (κ2) is 7.99. The molecule has 0 bridgehead atoms. The van der Waals surface area contributed by atoms with Gasteiger partial charge in [0.05, 0.1) is 12.6 Å². The zero-order valence-electron chi connectivity index (χ0n) is 13.8. The molecule has 1 fully saturated rings. The molecule has 0 radical (unpaired) electrons. The van der Waals surface area contributed by atoms with E-state index in [1.54, 1.807) is 0 Å². The molecule has 4 heteroatoms. The van der Waals surface area contributed by atoms with E-state index in [0.717, 1.165) is 32.2 Å². The van der Waals surface area contributed by atoms with Crippen molar-refractivity contribution in [1.29, 1.82) is 0 Å². The molecule has 0 aromatic rings. The summed E-state index contributed by atoms with van der Waals surface area (Å²) in [5, 5.41) is 9.54. The number of carbonyl (C=O) groups is 1. The normalized spacial score (nSPS) is 23.1. The predicted octanol–water partition coefficient (Wildman–Crippen LogP) is 2.11. The van der Waals surface area contributed by atoms with Gasteiger partial charge in [0.1, 0.15) is 0 Å². The highest BCUT2D eigenvalue weighted by Crippen LogP contribution is 2.21. The second-order valence-corrected chi connectivity index (χ2v) is 6.83. The van der Waals surface area contributed by atoms with Gasteiger partial charge in [-0.25, -0.2) is 0 Å². The van der Waals surface area contributed by atoms with E-state index < -0.39 is 0 Å². The van der Waals surface area contributed by atoms with Crippen molar-refractivity contribution in [3.8, 4) is 0 Å². The van der Waals surface area contributed by atoms with Gasteiger partial charge in [0, 0.05) is 19.1 Å². The Hall–Kier alpha value is -0.610. The lowest BCUT2D eigenvalue weighted by Gasteiger charge is -2.30. The van der Waals surface area contributed by atoms with Crippen molar-refractivity contribution in [2.24, 2.45) is 5.92 Å². The summed E-state index contributed by atoms with van der Waals surface area (Å²) in [5.74, 6) is 0.811. The van der Waals surface area contributed by atoms with Gasteiger partial charge in [-0.1, -0.05) is 13.8 Å². The van der Waals surface area contributed by atoms with E-state index in [1.807, 2.05) is 18.9 Å². The Bertz CT molecular complexity index is 305. The van der Waals surface area contributed by atoms with Crippen LogP contribution in [0.5, 0.6) is 0 Å². The molecule has 0 saturated carbocycles. The number of rotatable bonds is 7. The first-order chi connectivity index (χ1) is 9.31. The number of hydrogen-bond acceptors (Lipinski definition) is 3. The first-order valence-corrected chi connectivity index (χ1v) is 7.99. The summed E-state index contributed by atoms with van der Waals surface area (Å²) in [4.78, 5) is 16.5. The summed E-state index contributed by atoms with van der Waals surface area (Å²) >= 11 is 0. The maximum Gasteiger partial charge on any atom is 0.236 e. The third-order valence-electron chi connectivity index (χ3n) is 4.32. The maximum absolute atomic E-state index is 12.4. The molecule has 4 nitrogen and oxygen atoms in total. The quantitative estimate of drug-likeness (QED) is 0.779. The van der Waals surface area contributed by atoms with Crippen LogP contribution in [-0.2, 0) is 4.79 Å². The number of likely N-dealkylation sites (tertiary alicyclic amines) is 1. The summed E-state index contributed by atoms with van der Waals surface area (Å²) in [6.07, 6.45) is 3.77. The molecular weight excluding hydrogens is 252 g/mol. The van der Waals surface area contributed by atoms with Crippen LogP contribution in [0.3, 0.4) is 0 Å². The van der Waals surface area contributed by atoms with Crippen LogP contribution in [0.2, 0.25) is 0 Å². The summed E-state index contributed by atoms with van der Waals surface area (Å²) in [5.41, 5.74) is 0.